The van der Waals surface area contributed by atoms with Crippen LogP contribution in [0.2, 0.25) is 0 Å². The van der Waals surface area contributed by atoms with E-state index in [1.807, 2.05) is 48.5 Å². The van der Waals surface area contributed by atoms with Crippen molar-refractivity contribution in [2.45, 2.75) is 0 Å². The van der Waals surface area contributed by atoms with E-state index in [9.17, 15) is 4.79 Å². The summed E-state index contributed by atoms with van der Waals surface area (Å²) in [5.74, 6) is 0.961. The maximum atomic E-state index is 12.5. The van der Waals surface area contributed by atoms with E-state index in [1.165, 1.54) is 0 Å². The molecule has 5 heteroatoms. The maximum Gasteiger partial charge on any atom is 0.363 e. The second kappa shape index (κ2) is 9.13. The molecule has 5 nitrogen and oxygen atoms in total. The Morgan fingerprint density at radius 3 is 2.55 bits per heavy atom. The number of cyclic esters (lactones) is 1. The first-order valence-electron chi connectivity index (χ1n) is 9.81. The summed E-state index contributed by atoms with van der Waals surface area (Å²) >= 11 is 0. The van der Waals surface area contributed by atoms with Crippen LogP contribution in [0.4, 0.5) is 0 Å². The van der Waals surface area contributed by atoms with Crippen LogP contribution < -0.4 is 9.47 Å². The third-order valence-corrected chi connectivity index (χ3v) is 4.64. The van der Waals surface area contributed by atoms with Crippen molar-refractivity contribution >= 4 is 28.7 Å². The Balaban J connectivity index is 1.71. The van der Waals surface area contributed by atoms with Gasteiger partial charge in [-0.05, 0) is 35.0 Å². The molecule has 0 unspecified atom stereocenters. The van der Waals surface area contributed by atoms with Gasteiger partial charge in [-0.3, -0.25) is 0 Å². The smallest absolute Gasteiger partial charge is 0.363 e. The summed E-state index contributed by atoms with van der Waals surface area (Å²) in [6, 6.07) is 19.1. The third kappa shape index (κ3) is 4.41. The Hall–Kier alpha value is -4.12. The molecule has 0 fully saturated rings. The van der Waals surface area contributed by atoms with Crippen molar-refractivity contribution in [3.63, 3.8) is 0 Å². The van der Waals surface area contributed by atoms with E-state index in [0.29, 0.717) is 30.3 Å². The van der Waals surface area contributed by atoms with Gasteiger partial charge in [0.1, 0.15) is 24.7 Å². The molecule has 3 aromatic rings. The zero-order valence-corrected chi connectivity index (χ0v) is 16.9. The second-order valence-corrected chi connectivity index (χ2v) is 6.76. The summed E-state index contributed by atoms with van der Waals surface area (Å²) in [7, 11) is 0. The van der Waals surface area contributed by atoms with Gasteiger partial charge in [-0.25, -0.2) is 9.79 Å². The Bertz CT molecular complexity index is 1220. The molecular formula is C26H21NO4. The van der Waals surface area contributed by atoms with Gasteiger partial charge in [0, 0.05) is 17.2 Å². The van der Waals surface area contributed by atoms with Gasteiger partial charge in [0.05, 0.1) is 0 Å². The molecule has 0 saturated heterocycles. The molecule has 0 spiro atoms. The van der Waals surface area contributed by atoms with Crippen molar-refractivity contribution in [3.05, 3.63) is 103 Å². The topological polar surface area (TPSA) is 57.1 Å². The van der Waals surface area contributed by atoms with Crippen LogP contribution in [0.5, 0.6) is 11.5 Å². The summed E-state index contributed by atoms with van der Waals surface area (Å²) in [6.07, 6.45) is 4.96. The van der Waals surface area contributed by atoms with Crippen molar-refractivity contribution in [3.8, 4) is 11.5 Å². The zero-order valence-electron chi connectivity index (χ0n) is 16.9. The predicted molar refractivity (Wildman–Crippen MR) is 122 cm³/mol. The fourth-order valence-corrected chi connectivity index (χ4v) is 3.24. The number of nitrogens with zero attached hydrogens (tertiary/aromatic N) is 1. The molecule has 1 heterocycles. The highest BCUT2D eigenvalue weighted by Gasteiger charge is 2.25. The lowest BCUT2D eigenvalue weighted by molar-refractivity contribution is -0.129. The highest BCUT2D eigenvalue weighted by molar-refractivity contribution is 6.17. The fourth-order valence-electron chi connectivity index (χ4n) is 3.24. The Labute approximate surface area is 180 Å². The number of hydrogen-bond acceptors (Lipinski definition) is 5. The van der Waals surface area contributed by atoms with Gasteiger partial charge in [0.25, 0.3) is 0 Å². The van der Waals surface area contributed by atoms with Gasteiger partial charge in [0.15, 0.2) is 5.70 Å². The van der Waals surface area contributed by atoms with E-state index in [0.717, 1.165) is 16.3 Å². The fraction of sp³-hybridized carbons (Fsp3) is 0.0769. The van der Waals surface area contributed by atoms with Gasteiger partial charge in [0.2, 0.25) is 5.90 Å². The number of aliphatic imine (C=N–C) groups is 1. The number of esters is 1. The van der Waals surface area contributed by atoms with E-state index in [1.54, 1.807) is 30.4 Å². The third-order valence-electron chi connectivity index (χ3n) is 4.64. The SMILES string of the molecule is C=CCOc1ccc(C=C2N=C(c3cccc4ccccc34)OC2=O)c(OCC=C)c1. The van der Waals surface area contributed by atoms with Gasteiger partial charge < -0.3 is 14.2 Å². The number of carbonyl (C=O) groups is 1. The lowest BCUT2D eigenvalue weighted by Gasteiger charge is -2.10. The molecule has 3 aromatic carbocycles. The van der Waals surface area contributed by atoms with Gasteiger partial charge >= 0.3 is 5.97 Å². The first kappa shape index (κ1) is 20.2. The number of hydrogen-bond donors (Lipinski definition) is 0. The minimum Gasteiger partial charge on any atom is -0.489 e. The Morgan fingerprint density at radius 1 is 0.935 bits per heavy atom. The normalized spacial score (nSPS) is 14.3. The quantitative estimate of drug-likeness (QED) is 0.286. The lowest BCUT2D eigenvalue weighted by atomic mass is 10.0. The summed E-state index contributed by atoms with van der Waals surface area (Å²) in [6.45, 7) is 8.03. The van der Waals surface area contributed by atoms with Crippen molar-refractivity contribution in [1.29, 1.82) is 0 Å². The van der Waals surface area contributed by atoms with Crippen LogP contribution in [0.1, 0.15) is 11.1 Å². The monoisotopic (exact) mass is 411 g/mol. The molecule has 1 aliphatic heterocycles. The Morgan fingerprint density at radius 2 is 1.71 bits per heavy atom. The van der Waals surface area contributed by atoms with E-state index < -0.39 is 5.97 Å². The molecule has 0 radical (unpaired) electrons. The van der Waals surface area contributed by atoms with Crippen LogP contribution in [0.3, 0.4) is 0 Å². The zero-order chi connectivity index (χ0) is 21.6. The number of benzene rings is 3. The number of rotatable bonds is 8. The first-order chi connectivity index (χ1) is 15.2. The largest absolute Gasteiger partial charge is 0.489 e. The molecule has 0 aliphatic carbocycles. The molecule has 4 rings (SSSR count). The highest BCUT2D eigenvalue weighted by atomic mass is 16.6. The van der Waals surface area contributed by atoms with Crippen LogP contribution in [0.25, 0.3) is 16.8 Å². The molecule has 31 heavy (non-hydrogen) atoms. The predicted octanol–water partition coefficient (Wildman–Crippen LogP) is 5.31. The number of carbonyl (C=O) groups excluding carboxylic acids is 1. The number of fused-ring (bicyclic) bond motifs is 1. The molecule has 1 aliphatic rings. The van der Waals surface area contributed by atoms with E-state index in [-0.39, 0.29) is 11.6 Å². The van der Waals surface area contributed by atoms with Crippen molar-refractivity contribution < 1.29 is 19.0 Å². The minimum atomic E-state index is -0.510. The Kier molecular flexibility index (Phi) is 5.94. The van der Waals surface area contributed by atoms with Gasteiger partial charge in [-0.2, -0.15) is 0 Å². The van der Waals surface area contributed by atoms with Crippen LogP contribution in [0, 0.1) is 0 Å². The summed E-state index contributed by atoms with van der Waals surface area (Å²) in [5, 5.41) is 2.02. The van der Waals surface area contributed by atoms with Crippen LogP contribution in [-0.4, -0.2) is 25.1 Å². The van der Waals surface area contributed by atoms with Gasteiger partial charge in [-0.1, -0.05) is 61.7 Å². The molecule has 0 atom stereocenters. The van der Waals surface area contributed by atoms with Crippen molar-refractivity contribution in [1.82, 2.24) is 0 Å². The molecular weight excluding hydrogens is 390 g/mol. The van der Waals surface area contributed by atoms with E-state index in [4.69, 9.17) is 14.2 Å². The molecule has 0 saturated carbocycles. The van der Waals surface area contributed by atoms with Crippen LogP contribution >= 0.6 is 0 Å². The molecule has 154 valence electrons. The summed E-state index contributed by atoms with van der Waals surface area (Å²) in [4.78, 5) is 17.0. The second-order valence-electron chi connectivity index (χ2n) is 6.76. The van der Waals surface area contributed by atoms with Crippen LogP contribution in [-0.2, 0) is 9.53 Å². The summed E-state index contributed by atoms with van der Waals surface area (Å²) < 4.78 is 16.8. The minimum absolute atomic E-state index is 0.200. The standard InChI is InChI=1S/C26H21NO4/c1-3-14-29-20-13-12-19(24(17-20)30-15-4-2)16-23-26(28)31-25(27-23)22-11-7-9-18-8-5-6-10-21(18)22/h3-13,16-17H,1-2,14-15H2. The van der Waals surface area contributed by atoms with Gasteiger partial charge in [-0.15, -0.1) is 0 Å². The average Bonchev–Trinajstić information content (AvgIpc) is 3.16. The maximum absolute atomic E-state index is 12.5. The molecule has 0 amide bonds. The van der Waals surface area contributed by atoms with E-state index in [2.05, 4.69) is 18.2 Å². The first-order valence-corrected chi connectivity index (χ1v) is 9.81. The molecule has 0 aromatic heterocycles. The van der Waals surface area contributed by atoms with Crippen molar-refractivity contribution in [2.75, 3.05) is 13.2 Å². The number of ether oxygens (including phenoxy) is 3. The van der Waals surface area contributed by atoms with E-state index >= 15 is 0 Å². The average molecular weight is 411 g/mol. The summed E-state index contributed by atoms with van der Waals surface area (Å²) in [5.41, 5.74) is 1.65. The lowest BCUT2D eigenvalue weighted by Crippen LogP contribution is -2.06. The van der Waals surface area contributed by atoms with Crippen LogP contribution in [0.15, 0.2) is 96.7 Å². The van der Waals surface area contributed by atoms with Crippen molar-refractivity contribution in [2.24, 2.45) is 4.99 Å². The molecule has 0 N–H and O–H groups in total. The molecule has 0 bridgehead atoms. The highest BCUT2D eigenvalue weighted by Crippen LogP contribution is 2.30.